The van der Waals surface area contributed by atoms with Gasteiger partial charge in [-0.05, 0) is 55.4 Å². The number of halogens is 1. The molecule has 2 atom stereocenters. The molecule has 1 aliphatic rings. The van der Waals surface area contributed by atoms with Crippen molar-refractivity contribution < 1.29 is 9.18 Å². The smallest absolute Gasteiger partial charge is 0.243 e. The van der Waals surface area contributed by atoms with E-state index in [1.165, 1.54) is 12.1 Å². The van der Waals surface area contributed by atoms with E-state index in [1.807, 2.05) is 0 Å². The molecule has 2 unspecified atom stereocenters. The van der Waals surface area contributed by atoms with Crippen LogP contribution in [0.2, 0.25) is 0 Å². The molecule has 0 bridgehead atoms. The Balaban J connectivity index is 2.24. The van der Waals surface area contributed by atoms with Gasteiger partial charge in [-0.2, -0.15) is 0 Å². The van der Waals surface area contributed by atoms with E-state index in [4.69, 9.17) is 5.73 Å². The average molecular weight is 264 g/mol. The Morgan fingerprint density at radius 3 is 2.26 bits per heavy atom. The molecule has 1 saturated carbocycles. The molecule has 1 aromatic rings. The lowest BCUT2D eigenvalue weighted by molar-refractivity contribution is -0.124. The maximum absolute atomic E-state index is 12.9. The minimum Gasteiger partial charge on any atom is -0.371 e. The fraction of sp³-hybridized carbons (Fsp3) is 0.533. The highest BCUT2D eigenvalue weighted by atomic mass is 19.1. The second-order valence-corrected chi connectivity index (χ2v) is 5.93. The van der Waals surface area contributed by atoms with Crippen LogP contribution in [-0.2, 0) is 4.79 Å². The summed E-state index contributed by atoms with van der Waals surface area (Å²) in [5.74, 6) is 0.285. The summed E-state index contributed by atoms with van der Waals surface area (Å²) in [7, 11) is 0. The van der Waals surface area contributed by atoms with E-state index in [0.29, 0.717) is 11.8 Å². The number of carbonyl (C=O) groups is 1. The Morgan fingerprint density at radius 1 is 1.26 bits per heavy atom. The van der Waals surface area contributed by atoms with Crippen LogP contribution in [-0.4, -0.2) is 11.4 Å². The summed E-state index contributed by atoms with van der Waals surface area (Å²) in [5, 5.41) is 3.24. The second-order valence-electron chi connectivity index (χ2n) is 5.93. The van der Waals surface area contributed by atoms with Crippen molar-refractivity contribution in [3.05, 3.63) is 30.1 Å². The van der Waals surface area contributed by atoms with Crippen LogP contribution in [0.15, 0.2) is 24.3 Å². The van der Waals surface area contributed by atoms with Gasteiger partial charge < -0.3 is 11.1 Å². The predicted molar refractivity (Wildman–Crippen MR) is 74.1 cm³/mol. The van der Waals surface area contributed by atoms with Crippen LogP contribution < -0.4 is 11.1 Å². The summed E-state index contributed by atoms with van der Waals surface area (Å²) < 4.78 is 12.9. The molecule has 0 spiro atoms. The summed E-state index contributed by atoms with van der Waals surface area (Å²) in [5.41, 5.74) is 5.65. The van der Waals surface area contributed by atoms with Crippen molar-refractivity contribution in [3.63, 3.8) is 0 Å². The number of primary amides is 1. The van der Waals surface area contributed by atoms with Crippen molar-refractivity contribution in [2.24, 2.45) is 17.6 Å². The zero-order valence-corrected chi connectivity index (χ0v) is 11.4. The summed E-state index contributed by atoms with van der Waals surface area (Å²) >= 11 is 0. The molecule has 1 aromatic carbocycles. The standard InChI is InChI=1S/C15H21FN2O/c1-10-7-11(2)9-15(8-10,14(17)19)18-13-5-3-12(16)4-6-13/h3-6,10-11,18H,7-9H2,1-2H3,(H2,17,19). The molecule has 4 heteroatoms. The molecule has 2 rings (SSSR count). The normalized spacial score (nSPS) is 30.9. The van der Waals surface area contributed by atoms with Gasteiger partial charge in [0, 0.05) is 5.69 Å². The molecule has 3 nitrogen and oxygen atoms in total. The Kier molecular flexibility index (Phi) is 3.78. The van der Waals surface area contributed by atoms with Crippen LogP contribution in [0.4, 0.5) is 10.1 Å². The lowest BCUT2D eigenvalue weighted by Crippen LogP contribution is -2.54. The van der Waals surface area contributed by atoms with Crippen molar-refractivity contribution in [3.8, 4) is 0 Å². The lowest BCUT2D eigenvalue weighted by atomic mass is 9.71. The number of amides is 1. The average Bonchev–Trinajstić information content (AvgIpc) is 2.30. The number of rotatable bonds is 3. The molecule has 3 N–H and O–H groups in total. The summed E-state index contributed by atoms with van der Waals surface area (Å²) in [4.78, 5) is 11.9. The Bertz CT molecular complexity index is 448. The Morgan fingerprint density at radius 2 is 1.79 bits per heavy atom. The van der Waals surface area contributed by atoms with E-state index in [9.17, 15) is 9.18 Å². The van der Waals surface area contributed by atoms with Gasteiger partial charge in [-0.25, -0.2) is 4.39 Å². The summed E-state index contributed by atoms with van der Waals surface area (Å²) in [6.07, 6.45) is 2.56. The SMILES string of the molecule is CC1CC(C)CC(Nc2ccc(F)cc2)(C(N)=O)C1. The molecule has 104 valence electrons. The number of benzene rings is 1. The van der Waals surface area contributed by atoms with Gasteiger partial charge >= 0.3 is 0 Å². The van der Waals surface area contributed by atoms with Crippen LogP contribution in [0.3, 0.4) is 0 Å². The highest BCUT2D eigenvalue weighted by Crippen LogP contribution is 2.38. The topological polar surface area (TPSA) is 55.1 Å². The van der Waals surface area contributed by atoms with Gasteiger partial charge in [0.05, 0.1) is 0 Å². The van der Waals surface area contributed by atoms with Crippen LogP contribution in [0.5, 0.6) is 0 Å². The molecule has 0 aromatic heterocycles. The van der Waals surface area contributed by atoms with Crippen LogP contribution in [0.1, 0.15) is 33.1 Å². The van der Waals surface area contributed by atoms with E-state index in [2.05, 4.69) is 19.2 Å². The van der Waals surface area contributed by atoms with Gasteiger partial charge in [0.15, 0.2) is 0 Å². The molecule has 19 heavy (non-hydrogen) atoms. The van der Waals surface area contributed by atoms with Gasteiger partial charge in [-0.15, -0.1) is 0 Å². The van der Waals surface area contributed by atoms with Gasteiger partial charge in [0.2, 0.25) is 5.91 Å². The lowest BCUT2D eigenvalue weighted by Gasteiger charge is -2.41. The third-order valence-corrected chi connectivity index (χ3v) is 3.90. The quantitative estimate of drug-likeness (QED) is 0.882. The van der Waals surface area contributed by atoms with E-state index < -0.39 is 5.54 Å². The van der Waals surface area contributed by atoms with Gasteiger partial charge in [-0.3, -0.25) is 4.79 Å². The Labute approximate surface area is 113 Å². The number of hydrogen-bond acceptors (Lipinski definition) is 2. The van der Waals surface area contributed by atoms with Crippen LogP contribution in [0, 0.1) is 17.7 Å². The van der Waals surface area contributed by atoms with E-state index in [-0.39, 0.29) is 11.7 Å². The van der Waals surface area contributed by atoms with Gasteiger partial charge in [0.1, 0.15) is 11.4 Å². The highest BCUT2D eigenvalue weighted by Gasteiger charge is 2.42. The first kappa shape index (κ1) is 13.8. The molecule has 0 aliphatic heterocycles. The van der Waals surface area contributed by atoms with Gasteiger partial charge in [0.25, 0.3) is 0 Å². The molecular weight excluding hydrogens is 243 g/mol. The van der Waals surface area contributed by atoms with Crippen molar-refractivity contribution in [1.29, 1.82) is 0 Å². The first-order chi connectivity index (χ1) is 8.91. The molecule has 0 heterocycles. The first-order valence-electron chi connectivity index (χ1n) is 6.75. The van der Waals surface area contributed by atoms with Crippen molar-refractivity contribution in [1.82, 2.24) is 0 Å². The minimum absolute atomic E-state index is 0.288. The number of carbonyl (C=O) groups excluding carboxylic acids is 1. The van der Waals surface area contributed by atoms with E-state index in [0.717, 1.165) is 24.9 Å². The Hall–Kier alpha value is -1.58. The van der Waals surface area contributed by atoms with Gasteiger partial charge in [-0.1, -0.05) is 13.8 Å². The largest absolute Gasteiger partial charge is 0.371 e. The third kappa shape index (κ3) is 3.06. The number of anilines is 1. The first-order valence-corrected chi connectivity index (χ1v) is 6.75. The number of nitrogens with two attached hydrogens (primary N) is 1. The maximum atomic E-state index is 12.9. The summed E-state index contributed by atoms with van der Waals surface area (Å²) in [6.45, 7) is 4.28. The van der Waals surface area contributed by atoms with E-state index >= 15 is 0 Å². The monoisotopic (exact) mass is 264 g/mol. The minimum atomic E-state index is -0.713. The summed E-state index contributed by atoms with van der Waals surface area (Å²) in [6, 6.07) is 6.05. The van der Waals surface area contributed by atoms with Crippen LogP contribution >= 0.6 is 0 Å². The molecular formula is C15H21FN2O. The molecule has 1 aliphatic carbocycles. The van der Waals surface area contributed by atoms with Crippen molar-refractivity contribution in [2.45, 2.75) is 38.6 Å². The van der Waals surface area contributed by atoms with Crippen molar-refractivity contribution >= 4 is 11.6 Å². The molecule has 1 fully saturated rings. The highest BCUT2D eigenvalue weighted by molar-refractivity contribution is 5.88. The third-order valence-electron chi connectivity index (χ3n) is 3.90. The molecule has 0 saturated heterocycles. The predicted octanol–water partition coefficient (Wildman–Crippen LogP) is 2.92. The van der Waals surface area contributed by atoms with Crippen LogP contribution in [0.25, 0.3) is 0 Å². The fourth-order valence-corrected chi connectivity index (χ4v) is 3.30. The number of nitrogens with one attached hydrogen (secondary N) is 1. The molecule has 1 amide bonds. The van der Waals surface area contributed by atoms with Crippen molar-refractivity contribution in [2.75, 3.05) is 5.32 Å². The fourth-order valence-electron chi connectivity index (χ4n) is 3.30. The maximum Gasteiger partial charge on any atom is 0.243 e. The zero-order valence-electron chi connectivity index (χ0n) is 11.4. The molecule has 0 radical (unpaired) electrons. The van der Waals surface area contributed by atoms with E-state index in [1.54, 1.807) is 12.1 Å². The second kappa shape index (κ2) is 5.19. The number of hydrogen-bond donors (Lipinski definition) is 2. The zero-order chi connectivity index (χ0) is 14.0.